The molecule has 4 heteroatoms. The second-order valence-electron chi connectivity index (χ2n) is 4.73. The van der Waals surface area contributed by atoms with E-state index in [9.17, 15) is 9.59 Å². The van der Waals surface area contributed by atoms with Crippen molar-refractivity contribution in [3.63, 3.8) is 0 Å². The maximum atomic E-state index is 11.5. The van der Waals surface area contributed by atoms with E-state index < -0.39 is 0 Å². The van der Waals surface area contributed by atoms with Gasteiger partial charge in [0.2, 0.25) is 11.8 Å². The topological polar surface area (TPSA) is 72.2 Å². The highest BCUT2D eigenvalue weighted by molar-refractivity contribution is 5.92. The summed E-state index contributed by atoms with van der Waals surface area (Å²) in [6.07, 6.45) is 3.72. The zero-order valence-electron chi connectivity index (χ0n) is 10.9. The summed E-state index contributed by atoms with van der Waals surface area (Å²) < 4.78 is 0. The fourth-order valence-electron chi connectivity index (χ4n) is 1.51. The molecule has 0 saturated heterocycles. The lowest BCUT2D eigenvalue weighted by molar-refractivity contribution is -0.119. The summed E-state index contributed by atoms with van der Waals surface area (Å²) in [6, 6.07) is 0. The van der Waals surface area contributed by atoms with Crippen molar-refractivity contribution in [2.45, 2.75) is 46.0 Å². The van der Waals surface area contributed by atoms with Crippen LogP contribution in [0.3, 0.4) is 0 Å². The molecule has 0 radical (unpaired) electrons. The van der Waals surface area contributed by atoms with Gasteiger partial charge in [-0.3, -0.25) is 9.59 Å². The highest BCUT2D eigenvalue weighted by atomic mass is 16.2. The Bertz CT molecular complexity index is 273. The van der Waals surface area contributed by atoms with E-state index in [4.69, 9.17) is 5.73 Å². The van der Waals surface area contributed by atoms with Gasteiger partial charge in [-0.2, -0.15) is 0 Å². The van der Waals surface area contributed by atoms with E-state index in [1.807, 2.05) is 0 Å². The average molecular weight is 240 g/mol. The number of carbonyl (C=O) groups is 2. The first-order valence-corrected chi connectivity index (χ1v) is 6.17. The fraction of sp³-hybridized carbons (Fsp3) is 0.692. The zero-order chi connectivity index (χ0) is 13.3. The average Bonchev–Trinajstić information content (AvgIpc) is 2.21. The Morgan fingerprint density at radius 2 is 1.88 bits per heavy atom. The summed E-state index contributed by atoms with van der Waals surface area (Å²) in [5.74, 6) is 0.122. The molecule has 0 aromatic rings. The Balaban J connectivity index is 3.51. The van der Waals surface area contributed by atoms with Crippen molar-refractivity contribution in [2.75, 3.05) is 6.54 Å². The minimum absolute atomic E-state index is 0.0615. The van der Waals surface area contributed by atoms with Gasteiger partial charge in [-0.25, -0.2) is 0 Å². The molecule has 0 aromatic heterocycles. The van der Waals surface area contributed by atoms with Crippen LogP contribution in [0.5, 0.6) is 0 Å². The lowest BCUT2D eigenvalue weighted by Gasteiger charge is -2.09. The number of hydrogen-bond acceptors (Lipinski definition) is 2. The van der Waals surface area contributed by atoms with E-state index in [0.717, 1.165) is 25.7 Å². The van der Waals surface area contributed by atoms with Crippen LogP contribution in [0.4, 0.5) is 0 Å². The Labute approximate surface area is 104 Å². The maximum Gasteiger partial charge on any atom is 0.246 e. The van der Waals surface area contributed by atoms with E-state index >= 15 is 0 Å². The molecule has 0 bridgehead atoms. The van der Waals surface area contributed by atoms with Crippen LogP contribution in [0.25, 0.3) is 0 Å². The van der Waals surface area contributed by atoms with E-state index in [1.54, 1.807) is 0 Å². The third kappa shape index (κ3) is 9.60. The first kappa shape index (κ1) is 15.7. The second kappa shape index (κ2) is 8.79. The van der Waals surface area contributed by atoms with E-state index in [-0.39, 0.29) is 11.8 Å². The van der Waals surface area contributed by atoms with E-state index in [2.05, 4.69) is 25.7 Å². The highest BCUT2D eigenvalue weighted by Crippen LogP contribution is 2.08. The molecule has 0 saturated carbocycles. The molecule has 0 atom stereocenters. The first-order valence-electron chi connectivity index (χ1n) is 6.17. The van der Waals surface area contributed by atoms with Crippen molar-refractivity contribution in [1.29, 1.82) is 0 Å². The Morgan fingerprint density at radius 1 is 1.24 bits per heavy atom. The molecule has 0 aliphatic heterocycles. The maximum absolute atomic E-state index is 11.5. The minimum atomic E-state index is -0.264. The number of amides is 2. The molecule has 0 aliphatic rings. The van der Waals surface area contributed by atoms with Gasteiger partial charge in [0.05, 0.1) is 0 Å². The van der Waals surface area contributed by atoms with Crippen LogP contribution in [-0.2, 0) is 9.59 Å². The molecule has 4 nitrogen and oxygen atoms in total. The predicted octanol–water partition coefficient (Wildman–Crippen LogP) is 1.75. The van der Waals surface area contributed by atoms with Crippen LogP contribution < -0.4 is 11.1 Å². The van der Waals surface area contributed by atoms with Gasteiger partial charge in [0.1, 0.15) is 0 Å². The number of carbonyl (C=O) groups excluding carboxylic acids is 2. The van der Waals surface area contributed by atoms with Crippen LogP contribution >= 0.6 is 0 Å². The van der Waals surface area contributed by atoms with Gasteiger partial charge in [0.15, 0.2) is 0 Å². The van der Waals surface area contributed by atoms with Gasteiger partial charge in [0.25, 0.3) is 0 Å². The smallest absolute Gasteiger partial charge is 0.246 e. The van der Waals surface area contributed by atoms with Crippen LogP contribution in [0.1, 0.15) is 46.0 Å². The van der Waals surface area contributed by atoms with Gasteiger partial charge in [-0.1, -0.05) is 26.8 Å². The standard InChI is InChI=1S/C13H24N2O2/c1-10(2)9-11(3)13(17)15-8-6-4-5-7-12(14)16/h10H,3-9H2,1-2H3,(H2,14,16)(H,15,17). The quantitative estimate of drug-likeness (QED) is 0.476. The van der Waals surface area contributed by atoms with Gasteiger partial charge in [0, 0.05) is 18.5 Å². The molecule has 0 heterocycles. The first-order chi connectivity index (χ1) is 7.93. The number of nitrogens with one attached hydrogen (secondary N) is 1. The fourth-order valence-corrected chi connectivity index (χ4v) is 1.51. The van der Waals surface area contributed by atoms with Crippen molar-refractivity contribution >= 4 is 11.8 Å². The predicted molar refractivity (Wildman–Crippen MR) is 69.3 cm³/mol. The zero-order valence-corrected chi connectivity index (χ0v) is 10.9. The molecule has 0 fully saturated rings. The summed E-state index contributed by atoms with van der Waals surface area (Å²) in [6.45, 7) is 8.51. The number of hydrogen-bond donors (Lipinski definition) is 2. The van der Waals surface area contributed by atoms with E-state index in [0.29, 0.717) is 24.5 Å². The molecule has 0 rings (SSSR count). The van der Waals surface area contributed by atoms with Crippen LogP contribution in [0.2, 0.25) is 0 Å². The number of rotatable bonds is 9. The van der Waals surface area contributed by atoms with Gasteiger partial charge in [-0.15, -0.1) is 0 Å². The molecule has 0 aromatic carbocycles. The molecule has 0 spiro atoms. The van der Waals surface area contributed by atoms with Crippen molar-refractivity contribution in [3.8, 4) is 0 Å². The van der Waals surface area contributed by atoms with Crippen molar-refractivity contribution in [2.24, 2.45) is 11.7 Å². The SMILES string of the molecule is C=C(CC(C)C)C(=O)NCCCCCC(N)=O. The Hall–Kier alpha value is -1.32. The number of unbranched alkanes of at least 4 members (excludes halogenated alkanes) is 2. The lowest BCUT2D eigenvalue weighted by atomic mass is 10.0. The van der Waals surface area contributed by atoms with Gasteiger partial charge >= 0.3 is 0 Å². The van der Waals surface area contributed by atoms with Crippen LogP contribution in [-0.4, -0.2) is 18.4 Å². The summed E-state index contributed by atoms with van der Waals surface area (Å²) in [5, 5.41) is 2.82. The summed E-state index contributed by atoms with van der Waals surface area (Å²) in [4.78, 5) is 22.0. The molecule has 0 aliphatic carbocycles. The molecular formula is C13H24N2O2. The second-order valence-corrected chi connectivity index (χ2v) is 4.73. The summed E-state index contributed by atoms with van der Waals surface area (Å²) in [7, 11) is 0. The largest absolute Gasteiger partial charge is 0.370 e. The van der Waals surface area contributed by atoms with E-state index in [1.165, 1.54) is 0 Å². The molecule has 98 valence electrons. The van der Waals surface area contributed by atoms with Crippen LogP contribution in [0, 0.1) is 5.92 Å². The van der Waals surface area contributed by atoms with Gasteiger partial charge in [-0.05, 0) is 25.2 Å². The third-order valence-corrected chi connectivity index (χ3v) is 2.36. The Morgan fingerprint density at radius 3 is 2.41 bits per heavy atom. The lowest BCUT2D eigenvalue weighted by Crippen LogP contribution is -2.26. The molecule has 3 N–H and O–H groups in total. The van der Waals surface area contributed by atoms with Crippen molar-refractivity contribution in [3.05, 3.63) is 12.2 Å². The number of primary amides is 1. The molecule has 0 unspecified atom stereocenters. The highest BCUT2D eigenvalue weighted by Gasteiger charge is 2.07. The molecule has 17 heavy (non-hydrogen) atoms. The normalized spacial score (nSPS) is 10.3. The van der Waals surface area contributed by atoms with Crippen LogP contribution in [0.15, 0.2) is 12.2 Å². The minimum Gasteiger partial charge on any atom is -0.370 e. The monoisotopic (exact) mass is 240 g/mol. The molecule has 2 amide bonds. The van der Waals surface area contributed by atoms with Gasteiger partial charge < -0.3 is 11.1 Å². The summed E-state index contributed by atoms with van der Waals surface area (Å²) >= 11 is 0. The molecular weight excluding hydrogens is 216 g/mol. The summed E-state index contributed by atoms with van der Waals surface area (Å²) in [5.41, 5.74) is 5.66. The number of nitrogens with two attached hydrogens (primary N) is 1. The third-order valence-electron chi connectivity index (χ3n) is 2.36. The van der Waals surface area contributed by atoms with Crippen molar-refractivity contribution in [1.82, 2.24) is 5.32 Å². The Kier molecular flexibility index (Phi) is 8.11. The van der Waals surface area contributed by atoms with Crippen molar-refractivity contribution < 1.29 is 9.59 Å².